The summed E-state index contributed by atoms with van der Waals surface area (Å²) in [5.74, 6) is -3.03. The molecule has 4 aliphatic heterocycles. The predicted octanol–water partition coefficient (Wildman–Crippen LogP) is 4.85. The fourth-order valence-corrected chi connectivity index (χ4v) is 9.44. The van der Waals surface area contributed by atoms with Gasteiger partial charge in [0.25, 0.3) is 0 Å². The molecule has 3 saturated heterocycles. The lowest BCUT2D eigenvalue weighted by Gasteiger charge is -2.56. The second-order valence-corrected chi connectivity index (χ2v) is 16.2. The molecule has 62 heavy (non-hydrogen) atoms. The second-order valence-electron chi connectivity index (χ2n) is 16.2. The van der Waals surface area contributed by atoms with Crippen molar-refractivity contribution in [3.8, 4) is 16.9 Å². The number of piperidine rings is 1. The molecule has 6 bridgehead atoms. The van der Waals surface area contributed by atoms with Gasteiger partial charge in [0, 0.05) is 64.1 Å². The first-order chi connectivity index (χ1) is 29.6. The van der Waals surface area contributed by atoms with E-state index in [4.69, 9.17) is 19.7 Å². The number of aryl methyl sites for hydroxylation is 1. The largest absolute Gasteiger partial charge is 0.471 e. The van der Waals surface area contributed by atoms with Crippen molar-refractivity contribution < 1.29 is 40.7 Å². The Hall–Kier alpha value is -6.51. The Kier molecular flexibility index (Phi) is 9.30. The van der Waals surface area contributed by atoms with Gasteiger partial charge in [-0.1, -0.05) is 6.07 Å². The topological polar surface area (TPSA) is 143 Å². The number of halogens is 6. The van der Waals surface area contributed by atoms with Crippen LogP contribution < -0.4 is 15.1 Å². The number of aromatic nitrogens is 7. The molecule has 0 radical (unpaired) electrons. The number of pyridine rings is 1. The van der Waals surface area contributed by atoms with Gasteiger partial charge in [-0.3, -0.25) is 9.59 Å². The number of ether oxygens (including phenoxy) is 1. The van der Waals surface area contributed by atoms with Crippen LogP contribution in [0.2, 0.25) is 0 Å². The van der Waals surface area contributed by atoms with Crippen LogP contribution in [0.1, 0.15) is 18.7 Å². The van der Waals surface area contributed by atoms with Crippen molar-refractivity contribution in [1.82, 2.24) is 44.1 Å². The summed E-state index contributed by atoms with van der Waals surface area (Å²) in [6.07, 6.45) is -3.43. The predicted molar refractivity (Wildman–Crippen MR) is 213 cm³/mol. The van der Waals surface area contributed by atoms with E-state index in [0.717, 1.165) is 11.0 Å². The molecular weight excluding hydrogens is 823 g/mol. The summed E-state index contributed by atoms with van der Waals surface area (Å²) < 4.78 is 94.1. The van der Waals surface area contributed by atoms with Crippen molar-refractivity contribution in [2.24, 2.45) is 0 Å². The average Bonchev–Trinajstić information content (AvgIpc) is 3.93. The van der Waals surface area contributed by atoms with Gasteiger partial charge >= 0.3 is 12.1 Å². The van der Waals surface area contributed by atoms with Gasteiger partial charge in [-0.2, -0.15) is 28.2 Å². The van der Waals surface area contributed by atoms with E-state index in [1.54, 1.807) is 47.1 Å². The smallest absolute Gasteiger partial charge is 0.378 e. The summed E-state index contributed by atoms with van der Waals surface area (Å²) in [6, 6.07) is 8.71. The van der Waals surface area contributed by atoms with Crippen LogP contribution in [0.4, 0.5) is 43.9 Å². The fourth-order valence-electron chi connectivity index (χ4n) is 9.44. The van der Waals surface area contributed by atoms with Crippen molar-refractivity contribution in [3.63, 3.8) is 0 Å². The molecule has 21 heteroatoms. The quantitative estimate of drug-likeness (QED) is 0.243. The van der Waals surface area contributed by atoms with Crippen molar-refractivity contribution in [2.75, 3.05) is 55.5 Å². The zero-order valence-electron chi connectivity index (χ0n) is 33.4. The third kappa shape index (κ3) is 6.59. The number of carbonyl (C=O) groups excluding carboxylic acids is 2. The Morgan fingerprint density at radius 1 is 0.903 bits per heavy atom. The number of hydrogen-bond donors (Lipinski definition) is 1. The molecule has 0 spiro atoms. The van der Waals surface area contributed by atoms with Gasteiger partial charge in [0.1, 0.15) is 40.8 Å². The number of rotatable bonds is 4. The Bertz CT molecular complexity index is 2780. The van der Waals surface area contributed by atoms with Gasteiger partial charge in [0.2, 0.25) is 11.9 Å². The van der Waals surface area contributed by atoms with E-state index in [2.05, 4.69) is 15.4 Å². The Morgan fingerprint density at radius 2 is 1.69 bits per heavy atom. The van der Waals surface area contributed by atoms with E-state index in [-0.39, 0.29) is 68.2 Å². The minimum absolute atomic E-state index is 0.0805. The number of likely N-dealkylation sites (tertiary alicyclic amines) is 1. The number of anilines is 3. The standard InChI is InChI=1S/C41H38F6N12O3/c1-20-49-31-11-22(43)9-27-30-5-4-6-34(51-30)50-23-12-33(38(60)54(2)18-26(62-3)19-56(20)35(27)31)57(15-23)36-28-14-48-59(32-8-7-21(42)10-29(32)44)37(28)53-40(52-36)58-24-13-25(58)17-55(16-24)39(61)41(45,46)47/h4-11,14,23-26,33H,12-13,15-19H2,1-3H3,(H,50,51)/t23-,24?,25?,26-,33-/m0/s1. The molecule has 10 rings (SSSR count). The number of piperazine rings is 1. The van der Waals surface area contributed by atoms with Gasteiger partial charge in [-0.05, 0) is 50.1 Å². The molecule has 8 heterocycles. The van der Waals surface area contributed by atoms with Crippen LogP contribution in [0, 0.1) is 24.4 Å². The summed E-state index contributed by atoms with van der Waals surface area (Å²) in [7, 11) is 3.21. The number of nitrogens with zero attached hydrogens (tertiary/aromatic N) is 11. The van der Waals surface area contributed by atoms with Crippen molar-refractivity contribution in [3.05, 3.63) is 78.0 Å². The van der Waals surface area contributed by atoms with E-state index < -0.39 is 59.8 Å². The summed E-state index contributed by atoms with van der Waals surface area (Å²) in [6.45, 7) is 1.95. The lowest BCUT2D eigenvalue weighted by molar-refractivity contribution is -0.188. The SMILES string of the molecule is CO[C@H]1CN(C)C(=O)[C@@H]2C[C@@H](CN2c2nc(N3C4CC3CN(C(=O)C(F)(F)F)C4)nc3c2cnn3-c2ccc(F)cc2F)Nc2cccc(n2)-c2cc(F)cc3nc(C)n(c23)C1. The first-order valence-electron chi connectivity index (χ1n) is 20.0. The molecule has 4 aliphatic rings. The van der Waals surface area contributed by atoms with E-state index in [9.17, 15) is 27.2 Å². The number of methoxy groups -OCH3 is 1. The molecule has 0 aliphatic carbocycles. The fraction of sp³-hybridized carbons (Fsp3) is 0.390. The summed E-state index contributed by atoms with van der Waals surface area (Å²) in [5.41, 5.74) is 2.11. The van der Waals surface area contributed by atoms with Crippen LogP contribution in [0.5, 0.6) is 0 Å². The summed E-state index contributed by atoms with van der Waals surface area (Å²) >= 11 is 0. The van der Waals surface area contributed by atoms with Crippen LogP contribution in [-0.4, -0.2) is 133 Å². The molecule has 0 saturated carbocycles. The number of fused-ring (bicyclic) bond motifs is 8. The van der Waals surface area contributed by atoms with Crippen LogP contribution in [-0.2, 0) is 20.9 Å². The van der Waals surface area contributed by atoms with Crippen LogP contribution in [0.15, 0.2) is 54.7 Å². The molecule has 1 N–H and O–H groups in total. The molecule has 6 aromatic rings. The van der Waals surface area contributed by atoms with Gasteiger partial charge in [-0.15, -0.1) is 0 Å². The van der Waals surface area contributed by atoms with E-state index in [1.807, 2.05) is 11.5 Å². The molecule has 5 atom stereocenters. The number of nitrogens with one attached hydrogen (secondary N) is 1. The van der Waals surface area contributed by atoms with Crippen molar-refractivity contribution in [1.29, 1.82) is 0 Å². The zero-order valence-corrected chi connectivity index (χ0v) is 33.4. The maximum atomic E-state index is 15.4. The van der Waals surface area contributed by atoms with Gasteiger partial charge in [0.05, 0.1) is 53.0 Å². The second kappa shape index (κ2) is 14.6. The van der Waals surface area contributed by atoms with Crippen LogP contribution in [0.3, 0.4) is 0 Å². The highest BCUT2D eigenvalue weighted by Gasteiger charge is 2.52. The third-order valence-electron chi connectivity index (χ3n) is 12.3. The Balaban J connectivity index is 1.08. The minimum atomic E-state index is -5.04. The first kappa shape index (κ1) is 39.6. The minimum Gasteiger partial charge on any atom is -0.378 e. The molecule has 15 nitrogen and oxygen atoms in total. The number of carbonyl (C=O) groups is 2. The Morgan fingerprint density at radius 3 is 2.44 bits per heavy atom. The number of benzene rings is 2. The highest BCUT2D eigenvalue weighted by Crippen LogP contribution is 2.41. The number of amides is 2. The van der Waals surface area contributed by atoms with E-state index >= 15 is 8.78 Å². The highest BCUT2D eigenvalue weighted by molar-refractivity contribution is 5.94. The lowest BCUT2D eigenvalue weighted by Crippen LogP contribution is -2.71. The molecule has 2 unspecified atom stereocenters. The summed E-state index contributed by atoms with van der Waals surface area (Å²) in [5, 5.41) is 8.23. The zero-order chi connectivity index (χ0) is 43.4. The molecule has 2 aromatic carbocycles. The number of imidazole rings is 1. The lowest BCUT2D eigenvalue weighted by atomic mass is 9.87. The molecular formula is C41H38F6N12O3. The van der Waals surface area contributed by atoms with Gasteiger partial charge in [-0.25, -0.2) is 27.8 Å². The van der Waals surface area contributed by atoms with Gasteiger partial charge < -0.3 is 34.2 Å². The third-order valence-corrected chi connectivity index (χ3v) is 12.3. The van der Waals surface area contributed by atoms with Crippen LogP contribution in [0.25, 0.3) is 39.0 Å². The monoisotopic (exact) mass is 860 g/mol. The van der Waals surface area contributed by atoms with Crippen LogP contribution >= 0.6 is 0 Å². The molecule has 2 amide bonds. The average molecular weight is 861 g/mol. The van der Waals surface area contributed by atoms with Crippen molar-refractivity contribution in [2.45, 2.75) is 62.8 Å². The molecule has 322 valence electrons. The highest BCUT2D eigenvalue weighted by atomic mass is 19.4. The van der Waals surface area contributed by atoms with Crippen molar-refractivity contribution >= 4 is 51.5 Å². The number of likely N-dealkylation sites (N-methyl/N-ethyl adjacent to an activating group) is 1. The molecule has 3 fully saturated rings. The van der Waals surface area contributed by atoms with Gasteiger partial charge in [0.15, 0.2) is 11.5 Å². The van der Waals surface area contributed by atoms with E-state index in [0.29, 0.717) is 51.8 Å². The molecule has 4 aromatic heterocycles. The van der Waals surface area contributed by atoms with E-state index in [1.165, 1.54) is 29.1 Å². The number of hydrogen-bond acceptors (Lipinski definition) is 11. The maximum Gasteiger partial charge on any atom is 0.471 e. The number of alkyl halides is 3. The normalized spacial score (nSPS) is 22.8. The first-order valence-corrected chi connectivity index (χ1v) is 20.0. The summed E-state index contributed by atoms with van der Waals surface area (Å²) in [4.78, 5) is 52.2. The Labute approximate surface area is 348 Å². The maximum absolute atomic E-state index is 15.4.